The summed E-state index contributed by atoms with van der Waals surface area (Å²) in [6.45, 7) is 0. The van der Waals surface area contributed by atoms with Crippen LogP contribution in [0.15, 0.2) is 18.2 Å². The maximum atomic E-state index is 13.0. The highest BCUT2D eigenvalue weighted by atomic mass is 19.3. The Balaban J connectivity index is 2.63. The van der Waals surface area contributed by atoms with Crippen LogP contribution in [0.5, 0.6) is 0 Å². The van der Waals surface area contributed by atoms with E-state index in [1.165, 1.54) is 0 Å². The van der Waals surface area contributed by atoms with E-state index in [-0.39, 0.29) is 0 Å². The van der Waals surface area contributed by atoms with E-state index in [1.54, 1.807) is 0 Å². The van der Waals surface area contributed by atoms with Crippen molar-refractivity contribution in [3.8, 4) is 0 Å². The molecule has 0 aromatic heterocycles. The lowest BCUT2D eigenvalue weighted by molar-refractivity contribution is -0.385. The predicted octanol–water partition coefficient (Wildman–Crippen LogP) is 2.72. The minimum Gasteiger partial charge on any atom is -0.258 e. The Morgan fingerprint density at radius 1 is 1.12 bits per heavy atom. The Morgan fingerprint density at radius 3 is 2.25 bits per heavy atom. The third kappa shape index (κ3) is 1.42. The molecule has 0 saturated heterocycles. The molecule has 0 spiro atoms. The van der Waals surface area contributed by atoms with Gasteiger partial charge < -0.3 is 0 Å². The molecule has 0 saturated carbocycles. The van der Waals surface area contributed by atoms with Crippen molar-refractivity contribution in [2.75, 3.05) is 0 Å². The number of fused-ring (bicyclic) bond motifs is 1. The van der Waals surface area contributed by atoms with Gasteiger partial charge in [0.25, 0.3) is 5.69 Å². The van der Waals surface area contributed by atoms with E-state index in [9.17, 15) is 27.7 Å². The van der Waals surface area contributed by atoms with Crippen molar-refractivity contribution in [3.05, 3.63) is 39.4 Å². The third-order valence-electron chi connectivity index (χ3n) is 2.10. The molecule has 16 heavy (non-hydrogen) atoms. The molecule has 0 atom stereocenters. The van der Waals surface area contributed by atoms with Crippen LogP contribution >= 0.6 is 0 Å². The first-order chi connectivity index (χ1) is 7.24. The van der Waals surface area contributed by atoms with Crippen LogP contribution in [0.2, 0.25) is 0 Å². The molecule has 1 aromatic rings. The van der Waals surface area contributed by atoms with E-state index < -0.39 is 34.0 Å². The average Bonchev–Trinajstić information content (AvgIpc) is 2.32. The maximum Gasteiger partial charge on any atom is 0.388 e. The normalized spacial score (nSPS) is 20.5. The van der Waals surface area contributed by atoms with Gasteiger partial charge in [-0.05, 0) is 6.07 Å². The zero-order chi connectivity index (χ0) is 12.1. The molecule has 86 valence electrons. The van der Waals surface area contributed by atoms with Gasteiger partial charge in [-0.1, -0.05) is 0 Å². The molecule has 0 fully saturated rings. The first-order valence-corrected chi connectivity index (χ1v) is 3.99. The molecule has 0 unspecified atom stereocenters. The molecule has 4 nitrogen and oxygen atoms in total. The fraction of sp³-hybridized carbons (Fsp3) is 0.250. The molecule has 1 aliphatic heterocycles. The van der Waals surface area contributed by atoms with E-state index in [0.29, 0.717) is 12.1 Å². The van der Waals surface area contributed by atoms with Crippen molar-refractivity contribution < 1.29 is 27.2 Å². The monoisotopic (exact) mass is 237 g/mol. The Kier molecular flexibility index (Phi) is 1.96. The zero-order valence-corrected chi connectivity index (χ0v) is 7.42. The van der Waals surface area contributed by atoms with Gasteiger partial charge >= 0.3 is 12.2 Å². The number of alkyl halides is 4. The van der Waals surface area contributed by atoms with Gasteiger partial charge in [0.05, 0.1) is 16.1 Å². The first kappa shape index (κ1) is 10.8. The number of nitrogens with zero attached hydrogens (tertiary/aromatic N) is 1. The molecule has 0 bridgehead atoms. The van der Waals surface area contributed by atoms with Crippen LogP contribution in [0, 0.1) is 10.1 Å². The van der Waals surface area contributed by atoms with Gasteiger partial charge in [0, 0.05) is 12.1 Å². The number of hydrogen-bond donors (Lipinski definition) is 0. The molecule has 0 aliphatic carbocycles. The van der Waals surface area contributed by atoms with E-state index >= 15 is 0 Å². The molecule has 1 aliphatic rings. The smallest absolute Gasteiger partial charge is 0.258 e. The number of hydrogen-bond acceptors (Lipinski definition) is 3. The van der Waals surface area contributed by atoms with E-state index in [2.05, 4.69) is 4.74 Å². The predicted molar refractivity (Wildman–Crippen MR) is 42.0 cm³/mol. The summed E-state index contributed by atoms with van der Waals surface area (Å²) in [4.78, 5) is 9.35. The van der Waals surface area contributed by atoms with Gasteiger partial charge in [-0.15, -0.1) is 0 Å². The number of nitro groups is 1. The number of nitro benzene ring substituents is 1. The van der Waals surface area contributed by atoms with Crippen LogP contribution in [0.4, 0.5) is 23.2 Å². The van der Waals surface area contributed by atoms with Gasteiger partial charge in [0.1, 0.15) is 0 Å². The minimum atomic E-state index is -4.22. The fourth-order valence-electron chi connectivity index (χ4n) is 1.41. The summed E-state index contributed by atoms with van der Waals surface area (Å²) >= 11 is 0. The summed E-state index contributed by atoms with van der Waals surface area (Å²) in [5, 5.41) is 10.3. The van der Waals surface area contributed by atoms with Gasteiger partial charge in [0.15, 0.2) is 0 Å². The number of halogens is 4. The molecule has 0 radical (unpaired) electrons. The van der Waals surface area contributed by atoms with E-state index in [1.807, 2.05) is 0 Å². The lowest BCUT2D eigenvalue weighted by Gasteiger charge is -2.10. The molecule has 1 heterocycles. The summed E-state index contributed by atoms with van der Waals surface area (Å²) in [7, 11) is 0. The lowest BCUT2D eigenvalue weighted by atomic mass is 10.1. The lowest BCUT2D eigenvalue weighted by Crippen LogP contribution is -2.17. The average molecular weight is 237 g/mol. The highest BCUT2D eigenvalue weighted by Gasteiger charge is 2.57. The molecular weight excluding hydrogens is 234 g/mol. The Morgan fingerprint density at radius 2 is 1.69 bits per heavy atom. The van der Waals surface area contributed by atoms with Crippen molar-refractivity contribution in [1.82, 2.24) is 0 Å². The van der Waals surface area contributed by atoms with Gasteiger partial charge in [-0.2, -0.15) is 17.6 Å². The molecule has 2 rings (SSSR count). The summed E-state index contributed by atoms with van der Waals surface area (Å²) in [5.41, 5.74) is -2.92. The quantitative estimate of drug-likeness (QED) is 0.428. The SMILES string of the molecule is O=[N+]([O-])c1ccc2c(c1)C(F)(F)OC2(F)F. The molecule has 0 N–H and O–H groups in total. The topological polar surface area (TPSA) is 52.4 Å². The zero-order valence-electron chi connectivity index (χ0n) is 7.42. The first-order valence-electron chi connectivity index (χ1n) is 3.99. The van der Waals surface area contributed by atoms with Crippen molar-refractivity contribution in [2.24, 2.45) is 0 Å². The highest BCUT2D eigenvalue weighted by Crippen LogP contribution is 2.51. The molecular formula is C8H3F4NO3. The van der Waals surface area contributed by atoms with Crippen LogP contribution in [0.3, 0.4) is 0 Å². The van der Waals surface area contributed by atoms with Gasteiger partial charge in [-0.25, -0.2) is 4.74 Å². The van der Waals surface area contributed by atoms with Crippen molar-refractivity contribution in [2.45, 2.75) is 12.2 Å². The Hall–Kier alpha value is -1.70. The standard InChI is InChI=1S/C8H3F4NO3/c9-7(10)5-2-1-4(13(14)15)3-6(5)8(11,12)16-7/h1-3H. The Bertz CT molecular complexity index is 474. The van der Waals surface area contributed by atoms with Crippen molar-refractivity contribution >= 4 is 5.69 Å². The van der Waals surface area contributed by atoms with Crippen LogP contribution in [-0.4, -0.2) is 4.92 Å². The van der Waals surface area contributed by atoms with Crippen LogP contribution < -0.4 is 0 Å². The number of rotatable bonds is 1. The fourth-order valence-corrected chi connectivity index (χ4v) is 1.41. The Labute approximate surface area is 85.6 Å². The van der Waals surface area contributed by atoms with Crippen molar-refractivity contribution in [3.63, 3.8) is 0 Å². The van der Waals surface area contributed by atoms with Crippen LogP contribution in [0.25, 0.3) is 0 Å². The summed E-state index contributed by atoms with van der Waals surface area (Å²) in [5.74, 6) is 0. The summed E-state index contributed by atoms with van der Waals surface area (Å²) in [6, 6.07) is 1.67. The minimum absolute atomic E-state index is 0.385. The second-order valence-electron chi connectivity index (χ2n) is 3.12. The van der Waals surface area contributed by atoms with Crippen LogP contribution in [0.1, 0.15) is 11.1 Å². The molecule has 0 amide bonds. The number of benzene rings is 1. The summed E-state index contributed by atoms with van der Waals surface area (Å²) < 4.78 is 54.9. The largest absolute Gasteiger partial charge is 0.388 e. The highest BCUT2D eigenvalue weighted by molar-refractivity contribution is 5.44. The number of non-ortho nitro benzene ring substituents is 1. The van der Waals surface area contributed by atoms with Gasteiger partial charge in [0.2, 0.25) is 0 Å². The molecule has 8 heteroatoms. The summed E-state index contributed by atoms with van der Waals surface area (Å²) in [6.07, 6.45) is -8.35. The maximum absolute atomic E-state index is 13.0. The second kappa shape index (κ2) is 2.91. The number of ether oxygens (including phenoxy) is 1. The third-order valence-corrected chi connectivity index (χ3v) is 2.10. The van der Waals surface area contributed by atoms with Gasteiger partial charge in [-0.3, -0.25) is 10.1 Å². The van der Waals surface area contributed by atoms with Crippen LogP contribution in [-0.2, 0) is 17.0 Å². The van der Waals surface area contributed by atoms with E-state index in [0.717, 1.165) is 6.07 Å². The molecule has 1 aromatic carbocycles. The van der Waals surface area contributed by atoms with E-state index in [4.69, 9.17) is 0 Å². The second-order valence-corrected chi connectivity index (χ2v) is 3.12. The van der Waals surface area contributed by atoms with Crippen molar-refractivity contribution in [1.29, 1.82) is 0 Å².